The van der Waals surface area contributed by atoms with Gasteiger partial charge in [-0.15, -0.1) is 24.8 Å². The van der Waals surface area contributed by atoms with Crippen molar-refractivity contribution in [3.63, 3.8) is 0 Å². The van der Waals surface area contributed by atoms with Crippen LogP contribution in [0.2, 0.25) is 0 Å². The average Bonchev–Trinajstić information content (AvgIpc) is 2.03. The summed E-state index contributed by atoms with van der Waals surface area (Å²) < 4.78 is 0. The first-order valence-electron chi connectivity index (χ1n) is 3.52. The quantitative estimate of drug-likeness (QED) is 0.824. The molecule has 0 unspecified atom stereocenters. The number of hydrogen-bond acceptors (Lipinski definition) is 2. The van der Waals surface area contributed by atoms with Crippen molar-refractivity contribution in [1.29, 1.82) is 0 Å². The molecule has 4 heteroatoms. The van der Waals surface area contributed by atoms with Gasteiger partial charge < -0.3 is 5.73 Å². The summed E-state index contributed by atoms with van der Waals surface area (Å²) >= 11 is 0. The summed E-state index contributed by atoms with van der Waals surface area (Å²) in [5.41, 5.74) is 6.63. The lowest BCUT2D eigenvalue weighted by Gasteiger charge is -1.95. The number of halogens is 2. The lowest BCUT2D eigenvalue weighted by Crippen LogP contribution is -2.00. The van der Waals surface area contributed by atoms with Gasteiger partial charge in [-0.2, -0.15) is 0 Å². The second-order valence-corrected chi connectivity index (χ2v) is 2.25. The number of nitrogens with two attached hydrogens (primary N) is 1. The lowest BCUT2D eigenvalue weighted by molar-refractivity contribution is 0.829. The van der Waals surface area contributed by atoms with Crippen LogP contribution in [0.4, 0.5) is 0 Å². The fourth-order valence-corrected chi connectivity index (χ4v) is 0.852. The van der Waals surface area contributed by atoms with Gasteiger partial charge in [-0.05, 0) is 31.0 Å². The van der Waals surface area contributed by atoms with Gasteiger partial charge in [0, 0.05) is 12.4 Å². The maximum absolute atomic E-state index is 5.36. The first-order chi connectivity index (χ1) is 4.93. The van der Waals surface area contributed by atoms with Crippen molar-refractivity contribution in [2.45, 2.75) is 12.8 Å². The van der Waals surface area contributed by atoms with E-state index in [0.717, 1.165) is 19.4 Å². The Morgan fingerprint density at radius 1 is 1.33 bits per heavy atom. The Kier molecular flexibility index (Phi) is 10.4. The molecule has 0 aliphatic heterocycles. The summed E-state index contributed by atoms with van der Waals surface area (Å²) in [6, 6.07) is 4.02. The van der Waals surface area contributed by atoms with Crippen LogP contribution in [0.3, 0.4) is 0 Å². The zero-order valence-electron chi connectivity index (χ0n) is 6.77. The van der Waals surface area contributed by atoms with E-state index in [4.69, 9.17) is 5.73 Å². The molecule has 0 aliphatic carbocycles. The second kappa shape index (κ2) is 8.78. The molecule has 1 heterocycles. The van der Waals surface area contributed by atoms with E-state index in [1.807, 2.05) is 12.3 Å². The molecule has 1 aromatic heterocycles. The minimum Gasteiger partial charge on any atom is -0.330 e. The van der Waals surface area contributed by atoms with Crippen molar-refractivity contribution in [2.24, 2.45) is 5.73 Å². The Balaban J connectivity index is 0. The fourth-order valence-electron chi connectivity index (χ4n) is 0.852. The first kappa shape index (κ1) is 14.2. The number of aryl methyl sites for hydroxylation is 1. The van der Waals surface area contributed by atoms with Crippen LogP contribution in [0.15, 0.2) is 24.5 Å². The molecule has 0 saturated heterocycles. The molecule has 0 aliphatic rings. The van der Waals surface area contributed by atoms with Crippen LogP contribution in [-0.4, -0.2) is 11.5 Å². The Hall–Kier alpha value is -0.310. The Bertz CT molecular complexity index is 180. The molecule has 0 fully saturated rings. The molecule has 1 aromatic rings. The van der Waals surface area contributed by atoms with Crippen molar-refractivity contribution >= 4 is 24.8 Å². The SMILES string of the molecule is Cl.Cl.NCCCc1cccnc1. The fraction of sp³-hybridized carbons (Fsp3) is 0.375. The van der Waals surface area contributed by atoms with E-state index in [0.29, 0.717) is 0 Å². The van der Waals surface area contributed by atoms with Crippen molar-refractivity contribution < 1.29 is 0 Å². The van der Waals surface area contributed by atoms with E-state index in [1.54, 1.807) is 6.20 Å². The summed E-state index contributed by atoms with van der Waals surface area (Å²) in [5, 5.41) is 0. The van der Waals surface area contributed by atoms with Crippen LogP contribution in [0.5, 0.6) is 0 Å². The van der Waals surface area contributed by atoms with E-state index in [2.05, 4.69) is 11.1 Å². The first-order valence-corrected chi connectivity index (χ1v) is 3.52. The van der Waals surface area contributed by atoms with E-state index in [1.165, 1.54) is 5.56 Å². The molecule has 0 radical (unpaired) electrons. The van der Waals surface area contributed by atoms with Crippen molar-refractivity contribution in [3.8, 4) is 0 Å². The molecule has 2 nitrogen and oxygen atoms in total. The molecule has 0 bridgehead atoms. The highest BCUT2D eigenvalue weighted by Crippen LogP contribution is 1.98. The minimum atomic E-state index is 0. The number of nitrogens with zero attached hydrogens (tertiary/aromatic N) is 1. The van der Waals surface area contributed by atoms with E-state index in [-0.39, 0.29) is 24.8 Å². The number of pyridine rings is 1. The molecular formula is C8H14Cl2N2. The van der Waals surface area contributed by atoms with Crippen LogP contribution in [-0.2, 0) is 6.42 Å². The van der Waals surface area contributed by atoms with E-state index >= 15 is 0 Å². The smallest absolute Gasteiger partial charge is 0.0299 e. The van der Waals surface area contributed by atoms with Gasteiger partial charge >= 0.3 is 0 Å². The molecule has 70 valence electrons. The molecule has 0 aromatic carbocycles. The Morgan fingerprint density at radius 3 is 2.58 bits per heavy atom. The number of hydrogen-bond donors (Lipinski definition) is 1. The van der Waals surface area contributed by atoms with Gasteiger partial charge in [0.25, 0.3) is 0 Å². The second-order valence-electron chi connectivity index (χ2n) is 2.25. The highest BCUT2D eigenvalue weighted by molar-refractivity contribution is 5.85. The molecule has 0 saturated carbocycles. The van der Waals surface area contributed by atoms with Gasteiger partial charge in [0.15, 0.2) is 0 Å². The van der Waals surface area contributed by atoms with Gasteiger partial charge in [0.05, 0.1) is 0 Å². The number of rotatable bonds is 3. The lowest BCUT2D eigenvalue weighted by atomic mass is 10.2. The third-order valence-corrected chi connectivity index (χ3v) is 1.39. The van der Waals surface area contributed by atoms with Crippen molar-refractivity contribution in [2.75, 3.05) is 6.54 Å². The maximum atomic E-state index is 5.36. The highest BCUT2D eigenvalue weighted by Gasteiger charge is 1.88. The number of aromatic nitrogens is 1. The van der Waals surface area contributed by atoms with E-state index < -0.39 is 0 Å². The predicted molar refractivity (Wildman–Crippen MR) is 56.1 cm³/mol. The molecule has 0 atom stereocenters. The zero-order valence-corrected chi connectivity index (χ0v) is 8.40. The summed E-state index contributed by atoms with van der Waals surface area (Å²) in [4.78, 5) is 4.00. The Labute approximate surface area is 85.4 Å². The van der Waals surface area contributed by atoms with E-state index in [9.17, 15) is 0 Å². The van der Waals surface area contributed by atoms with Gasteiger partial charge in [0.2, 0.25) is 0 Å². The molecule has 2 N–H and O–H groups in total. The minimum absolute atomic E-state index is 0. The van der Waals surface area contributed by atoms with Crippen LogP contribution >= 0.6 is 24.8 Å². The zero-order chi connectivity index (χ0) is 7.23. The molecular weight excluding hydrogens is 195 g/mol. The third-order valence-electron chi connectivity index (χ3n) is 1.39. The van der Waals surface area contributed by atoms with Gasteiger partial charge in [0.1, 0.15) is 0 Å². The standard InChI is InChI=1S/C8H12N2.2ClH/c9-5-1-3-8-4-2-6-10-7-8;;/h2,4,6-7H,1,3,5,9H2;2*1H. The summed E-state index contributed by atoms with van der Waals surface area (Å²) in [6.45, 7) is 0.759. The third kappa shape index (κ3) is 5.35. The maximum Gasteiger partial charge on any atom is 0.0299 e. The topological polar surface area (TPSA) is 38.9 Å². The summed E-state index contributed by atoms with van der Waals surface area (Å²) in [5.74, 6) is 0. The van der Waals surface area contributed by atoms with Crippen LogP contribution in [0.25, 0.3) is 0 Å². The molecule has 1 rings (SSSR count). The van der Waals surface area contributed by atoms with Crippen molar-refractivity contribution in [1.82, 2.24) is 4.98 Å². The van der Waals surface area contributed by atoms with Gasteiger partial charge in [-0.25, -0.2) is 0 Å². The Morgan fingerprint density at radius 2 is 2.08 bits per heavy atom. The van der Waals surface area contributed by atoms with Crippen LogP contribution in [0, 0.1) is 0 Å². The molecule has 12 heavy (non-hydrogen) atoms. The van der Waals surface area contributed by atoms with Gasteiger partial charge in [-0.1, -0.05) is 6.07 Å². The predicted octanol–water partition coefficient (Wildman–Crippen LogP) is 1.82. The normalized spacial score (nSPS) is 8.08. The summed E-state index contributed by atoms with van der Waals surface area (Å²) in [7, 11) is 0. The largest absolute Gasteiger partial charge is 0.330 e. The molecule has 0 spiro atoms. The van der Waals surface area contributed by atoms with Crippen molar-refractivity contribution in [3.05, 3.63) is 30.1 Å². The molecule has 0 amide bonds. The van der Waals surface area contributed by atoms with Crippen LogP contribution in [0.1, 0.15) is 12.0 Å². The monoisotopic (exact) mass is 208 g/mol. The summed E-state index contributed by atoms with van der Waals surface area (Å²) in [6.07, 6.45) is 5.76. The van der Waals surface area contributed by atoms with Gasteiger partial charge in [-0.3, -0.25) is 4.98 Å². The average molecular weight is 209 g/mol. The van der Waals surface area contributed by atoms with Crippen LogP contribution < -0.4 is 5.73 Å². The highest BCUT2D eigenvalue weighted by atomic mass is 35.5.